The molecule has 0 aromatic heterocycles. The van der Waals surface area contributed by atoms with Crippen LogP contribution in [0.1, 0.15) is 0 Å². The summed E-state index contributed by atoms with van der Waals surface area (Å²) in [5.74, 6) is -2.42. The Morgan fingerprint density at radius 2 is 1.44 bits per heavy atom. The highest BCUT2D eigenvalue weighted by Gasteiger charge is 2.27. The zero-order valence-electron chi connectivity index (χ0n) is 4.55. The fraction of sp³-hybridized carbons (Fsp3) is 0.400. The Balaban J connectivity index is 2.74. The van der Waals surface area contributed by atoms with Crippen molar-refractivity contribution in [2.45, 2.75) is 0 Å². The van der Waals surface area contributed by atoms with E-state index in [1.165, 1.54) is 0 Å². The van der Waals surface area contributed by atoms with Gasteiger partial charge in [0.25, 0.3) is 5.78 Å². The molecule has 0 unspecified atom stereocenters. The third-order valence-corrected chi connectivity index (χ3v) is 0.973. The molecular formula is C5H4O4. The lowest BCUT2D eigenvalue weighted by Gasteiger charge is -2.05. The molecule has 1 aliphatic rings. The van der Waals surface area contributed by atoms with Gasteiger partial charge in [-0.25, -0.2) is 0 Å². The van der Waals surface area contributed by atoms with Crippen molar-refractivity contribution >= 4 is 17.3 Å². The molecule has 0 spiro atoms. The van der Waals surface area contributed by atoms with E-state index >= 15 is 0 Å². The smallest absolute Gasteiger partial charge is 0.269 e. The predicted molar refractivity (Wildman–Crippen MR) is 25.8 cm³/mol. The molecule has 0 radical (unpaired) electrons. The van der Waals surface area contributed by atoms with Crippen molar-refractivity contribution in [2.75, 3.05) is 13.2 Å². The Hall–Kier alpha value is -1.03. The summed E-state index contributed by atoms with van der Waals surface area (Å²) in [5, 5.41) is 0. The molecule has 0 bridgehead atoms. The maximum absolute atomic E-state index is 10.3. The molecule has 1 heterocycles. The number of carbonyl (C=O) groups excluding carboxylic acids is 3. The van der Waals surface area contributed by atoms with E-state index in [4.69, 9.17) is 0 Å². The van der Waals surface area contributed by atoms with Gasteiger partial charge < -0.3 is 4.74 Å². The maximum atomic E-state index is 10.3. The lowest BCUT2D eigenvalue weighted by molar-refractivity contribution is -0.152. The monoisotopic (exact) mass is 128 g/mol. The summed E-state index contributed by atoms with van der Waals surface area (Å²) in [6.45, 7) is -0.491. The normalized spacial score (nSPS) is 20.7. The highest BCUT2D eigenvalue weighted by Crippen LogP contribution is 1.91. The number of ether oxygens (including phenoxy) is 1. The molecule has 9 heavy (non-hydrogen) atoms. The van der Waals surface area contributed by atoms with Gasteiger partial charge in [0, 0.05) is 0 Å². The highest BCUT2D eigenvalue weighted by atomic mass is 16.5. The quantitative estimate of drug-likeness (QED) is 0.381. The molecule has 0 aromatic rings. The SMILES string of the molecule is O=C1COCC(=O)C1=O. The molecule has 1 fully saturated rings. The third kappa shape index (κ3) is 1.02. The molecule has 0 saturated carbocycles. The van der Waals surface area contributed by atoms with Crippen molar-refractivity contribution in [3.8, 4) is 0 Å². The molecule has 0 atom stereocenters. The van der Waals surface area contributed by atoms with Crippen LogP contribution in [0.3, 0.4) is 0 Å². The molecule has 1 saturated heterocycles. The lowest BCUT2D eigenvalue weighted by Crippen LogP contribution is -2.36. The first-order valence-electron chi connectivity index (χ1n) is 2.40. The van der Waals surface area contributed by atoms with E-state index in [1.807, 2.05) is 0 Å². The Morgan fingerprint density at radius 1 is 1.00 bits per heavy atom. The summed E-state index contributed by atoms with van der Waals surface area (Å²) in [4.78, 5) is 31.0. The van der Waals surface area contributed by atoms with Crippen LogP contribution in [-0.4, -0.2) is 30.6 Å². The van der Waals surface area contributed by atoms with Gasteiger partial charge in [-0.15, -0.1) is 0 Å². The van der Waals surface area contributed by atoms with Crippen LogP contribution < -0.4 is 0 Å². The van der Waals surface area contributed by atoms with Gasteiger partial charge in [0.15, 0.2) is 0 Å². The van der Waals surface area contributed by atoms with Gasteiger partial charge >= 0.3 is 0 Å². The van der Waals surface area contributed by atoms with Crippen LogP contribution in [-0.2, 0) is 19.1 Å². The maximum Gasteiger partial charge on any atom is 0.269 e. The minimum atomic E-state index is -0.929. The topological polar surface area (TPSA) is 60.4 Å². The summed E-state index contributed by atoms with van der Waals surface area (Å²) >= 11 is 0. The molecule has 48 valence electrons. The average Bonchev–Trinajstić information content (AvgIpc) is 1.83. The van der Waals surface area contributed by atoms with E-state index in [1.54, 1.807) is 0 Å². The summed E-state index contributed by atoms with van der Waals surface area (Å²) in [6.07, 6.45) is 0. The molecular weight excluding hydrogens is 124 g/mol. The first-order chi connectivity index (χ1) is 4.22. The Morgan fingerprint density at radius 3 is 1.78 bits per heavy atom. The van der Waals surface area contributed by atoms with Crippen LogP contribution >= 0.6 is 0 Å². The Bertz CT molecular complexity index is 163. The van der Waals surface area contributed by atoms with Gasteiger partial charge in [-0.3, -0.25) is 14.4 Å². The molecule has 4 heteroatoms. The third-order valence-electron chi connectivity index (χ3n) is 0.973. The van der Waals surface area contributed by atoms with Gasteiger partial charge in [0.2, 0.25) is 11.6 Å². The van der Waals surface area contributed by atoms with Gasteiger partial charge in [-0.2, -0.15) is 0 Å². The number of rotatable bonds is 0. The van der Waals surface area contributed by atoms with Crippen LogP contribution in [0, 0.1) is 0 Å². The number of ketones is 3. The van der Waals surface area contributed by atoms with E-state index < -0.39 is 17.3 Å². The number of carbonyl (C=O) groups is 3. The fourth-order valence-electron chi connectivity index (χ4n) is 0.523. The van der Waals surface area contributed by atoms with Crippen molar-refractivity contribution in [3.63, 3.8) is 0 Å². The molecule has 0 N–H and O–H groups in total. The van der Waals surface area contributed by atoms with Gasteiger partial charge in [-0.05, 0) is 0 Å². The van der Waals surface area contributed by atoms with Crippen molar-refractivity contribution in [1.29, 1.82) is 0 Å². The number of hydrogen-bond acceptors (Lipinski definition) is 4. The van der Waals surface area contributed by atoms with E-state index in [-0.39, 0.29) is 13.2 Å². The zero-order chi connectivity index (χ0) is 6.85. The lowest BCUT2D eigenvalue weighted by atomic mass is 10.1. The van der Waals surface area contributed by atoms with Crippen molar-refractivity contribution < 1.29 is 19.1 Å². The molecule has 4 nitrogen and oxygen atoms in total. The van der Waals surface area contributed by atoms with E-state index in [9.17, 15) is 14.4 Å². The first kappa shape index (κ1) is 6.10. The van der Waals surface area contributed by atoms with Gasteiger partial charge in [-0.1, -0.05) is 0 Å². The standard InChI is InChI=1S/C5H4O4/c6-3-1-9-2-4(7)5(3)8/h1-2H2. The second kappa shape index (κ2) is 2.06. The van der Waals surface area contributed by atoms with Gasteiger partial charge in [0.1, 0.15) is 13.2 Å². The highest BCUT2D eigenvalue weighted by molar-refractivity contribution is 6.65. The average molecular weight is 128 g/mol. The summed E-state index contributed by atoms with van der Waals surface area (Å²) < 4.78 is 4.44. The van der Waals surface area contributed by atoms with Crippen LogP contribution in [0.15, 0.2) is 0 Å². The van der Waals surface area contributed by atoms with Crippen molar-refractivity contribution in [3.05, 3.63) is 0 Å². The Kier molecular flexibility index (Phi) is 1.40. The summed E-state index contributed by atoms with van der Waals surface area (Å²) in [6, 6.07) is 0. The Labute approximate surface area is 50.8 Å². The van der Waals surface area contributed by atoms with Crippen LogP contribution in [0.4, 0.5) is 0 Å². The van der Waals surface area contributed by atoms with Gasteiger partial charge in [0.05, 0.1) is 0 Å². The summed E-state index contributed by atoms with van der Waals surface area (Å²) in [5.41, 5.74) is 0. The van der Waals surface area contributed by atoms with Crippen molar-refractivity contribution in [2.24, 2.45) is 0 Å². The molecule has 0 amide bonds. The minimum absolute atomic E-state index is 0.245. The molecule has 1 rings (SSSR count). The molecule has 0 aromatic carbocycles. The number of Topliss-reactive ketones (excluding diaryl/α,β-unsaturated/α-hetero) is 3. The molecule has 1 aliphatic heterocycles. The number of hydrogen-bond donors (Lipinski definition) is 0. The zero-order valence-corrected chi connectivity index (χ0v) is 4.55. The van der Waals surface area contributed by atoms with E-state index in [0.29, 0.717) is 0 Å². The van der Waals surface area contributed by atoms with E-state index in [0.717, 1.165) is 0 Å². The first-order valence-corrected chi connectivity index (χ1v) is 2.40. The molecule has 0 aliphatic carbocycles. The summed E-state index contributed by atoms with van der Waals surface area (Å²) in [7, 11) is 0. The predicted octanol–water partition coefficient (Wildman–Crippen LogP) is -1.28. The largest absolute Gasteiger partial charge is 0.365 e. The second-order valence-corrected chi connectivity index (χ2v) is 1.67. The van der Waals surface area contributed by atoms with Crippen LogP contribution in [0.5, 0.6) is 0 Å². The second-order valence-electron chi connectivity index (χ2n) is 1.67. The van der Waals surface area contributed by atoms with Crippen LogP contribution in [0.25, 0.3) is 0 Å². The minimum Gasteiger partial charge on any atom is -0.365 e. The van der Waals surface area contributed by atoms with E-state index in [2.05, 4.69) is 4.74 Å². The van der Waals surface area contributed by atoms with Crippen molar-refractivity contribution in [1.82, 2.24) is 0 Å². The fourth-order valence-corrected chi connectivity index (χ4v) is 0.523. The van der Waals surface area contributed by atoms with Crippen LogP contribution in [0.2, 0.25) is 0 Å².